The van der Waals surface area contributed by atoms with Gasteiger partial charge in [0.25, 0.3) is 5.95 Å². The predicted octanol–water partition coefficient (Wildman–Crippen LogP) is -0.150. The molecule has 1 rings (SSSR count). The monoisotopic (exact) mass is 234 g/mol. The van der Waals surface area contributed by atoms with Crippen LogP contribution < -0.4 is 0 Å². The van der Waals surface area contributed by atoms with Crippen LogP contribution in [0.15, 0.2) is 5.11 Å². The van der Waals surface area contributed by atoms with E-state index in [2.05, 4.69) is 25.6 Å². The molecule has 1 aromatic rings. The molecule has 10 heavy (non-hydrogen) atoms. The van der Waals surface area contributed by atoms with Gasteiger partial charge in [0.15, 0.2) is 0 Å². The third kappa shape index (κ3) is 1.71. The van der Waals surface area contributed by atoms with Crippen LogP contribution >= 0.6 is 0 Å². The van der Waals surface area contributed by atoms with Crippen LogP contribution in [0.4, 0.5) is 5.95 Å². The molecule has 0 atom stereocenters. The van der Waals surface area contributed by atoms with E-state index in [4.69, 9.17) is 10.7 Å². The summed E-state index contributed by atoms with van der Waals surface area (Å²) in [6.45, 7) is 0. The Bertz CT molecular complexity index is 248. The Hall–Kier alpha value is -1.08. The first kappa shape index (κ1) is 8.92. The fraction of sp³-hybridized carbons (Fsp3) is 0. The van der Waals surface area contributed by atoms with E-state index in [9.17, 15) is 0 Å². The Morgan fingerprint density at radius 1 is 1.70 bits per heavy atom. The summed E-state index contributed by atoms with van der Waals surface area (Å²) in [5.41, 5.74) is 7.80. The number of rotatable bonds is 1. The molecule has 0 aliphatic heterocycles. The van der Waals surface area contributed by atoms with E-state index >= 15 is 0 Å². The predicted molar refractivity (Wildman–Crippen MR) is 23.8 cm³/mol. The van der Waals surface area contributed by atoms with Gasteiger partial charge in [-0.25, -0.2) is 0 Å². The van der Waals surface area contributed by atoms with Crippen molar-refractivity contribution in [3.8, 4) is 0 Å². The number of nitrogens with zero attached hydrogens (tertiary/aromatic N) is 7. The molecular weight excluding hydrogens is 234 g/mol. The fourth-order valence-electron chi connectivity index (χ4n) is 0.278. The van der Waals surface area contributed by atoms with Crippen LogP contribution in [-0.2, 0) is 22.4 Å². The first-order valence-electron chi connectivity index (χ1n) is 1.87. The minimum Gasteiger partial charge on any atom is -0.409 e. The zero-order valence-corrected chi connectivity index (χ0v) is 5.86. The molecule has 8 nitrogen and oxygen atoms in total. The van der Waals surface area contributed by atoms with E-state index in [-0.39, 0.29) is 33.2 Å². The first-order valence-corrected chi connectivity index (χ1v) is 1.87. The molecule has 0 fully saturated rings. The number of tetrazole rings is 1. The van der Waals surface area contributed by atoms with Gasteiger partial charge in [-0.15, -0.1) is 5.10 Å². The van der Waals surface area contributed by atoms with Gasteiger partial charge in [0, 0.05) is 27.3 Å². The summed E-state index contributed by atoms with van der Waals surface area (Å²) in [6.07, 6.45) is 0. The second-order valence-corrected chi connectivity index (χ2v) is 1.06. The SMILES string of the molecule is [Ag].[N-]=[N+]=Nc1nnnn1O. The van der Waals surface area contributed by atoms with Crippen molar-refractivity contribution in [3.05, 3.63) is 10.4 Å². The van der Waals surface area contributed by atoms with Gasteiger partial charge in [-0.05, 0) is 21.1 Å². The quantitative estimate of drug-likeness (QED) is 0.239. The second kappa shape index (κ2) is 3.85. The van der Waals surface area contributed by atoms with Crippen molar-refractivity contribution < 1.29 is 27.6 Å². The molecule has 1 heterocycles. The van der Waals surface area contributed by atoms with Gasteiger partial charge in [-0.1, -0.05) is 4.85 Å². The van der Waals surface area contributed by atoms with Crippen LogP contribution in [0.25, 0.3) is 10.4 Å². The molecule has 1 radical (unpaired) electrons. The summed E-state index contributed by atoms with van der Waals surface area (Å²) in [7, 11) is 0. The molecule has 0 aliphatic rings. The Labute approximate surface area is 69.9 Å². The molecule has 0 unspecified atom stereocenters. The zero-order chi connectivity index (χ0) is 6.69. The van der Waals surface area contributed by atoms with Crippen molar-refractivity contribution >= 4 is 5.95 Å². The van der Waals surface area contributed by atoms with Gasteiger partial charge in [0.05, 0.1) is 0 Å². The molecule has 9 heteroatoms. The average Bonchev–Trinajstić information content (AvgIpc) is 2.18. The summed E-state index contributed by atoms with van der Waals surface area (Å²) >= 11 is 0. The van der Waals surface area contributed by atoms with E-state index in [1.54, 1.807) is 0 Å². The van der Waals surface area contributed by atoms with Gasteiger partial charge >= 0.3 is 0 Å². The summed E-state index contributed by atoms with van der Waals surface area (Å²) in [4.78, 5) is 2.62. The number of hydrogen-bond acceptors (Lipinski definition) is 5. The van der Waals surface area contributed by atoms with Gasteiger partial charge in [-0.2, -0.15) is 0 Å². The van der Waals surface area contributed by atoms with Crippen molar-refractivity contribution in [1.82, 2.24) is 20.4 Å². The molecular formula is CHAgN7O. The van der Waals surface area contributed by atoms with Crippen LogP contribution in [0.3, 0.4) is 0 Å². The molecule has 0 saturated carbocycles. The number of aromatic nitrogens is 4. The van der Waals surface area contributed by atoms with E-state index in [0.29, 0.717) is 0 Å². The largest absolute Gasteiger partial charge is 0.409 e. The summed E-state index contributed by atoms with van der Waals surface area (Å²) in [5, 5.41) is 20.5. The normalized spacial score (nSPS) is 7.60. The maximum Gasteiger partial charge on any atom is 0.278 e. The van der Waals surface area contributed by atoms with Crippen LogP contribution in [0, 0.1) is 0 Å². The van der Waals surface area contributed by atoms with Gasteiger partial charge in [0.2, 0.25) is 0 Å². The molecule has 0 spiro atoms. The summed E-state index contributed by atoms with van der Waals surface area (Å²) < 4.78 is 0. The van der Waals surface area contributed by atoms with Crippen LogP contribution in [0.2, 0.25) is 0 Å². The van der Waals surface area contributed by atoms with Crippen LogP contribution in [0.5, 0.6) is 0 Å². The molecule has 0 aliphatic carbocycles. The number of hydrogen-bond donors (Lipinski definition) is 1. The minimum absolute atomic E-state index is 0. The van der Waals surface area contributed by atoms with Crippen molar-refractivity contribution in [2.75, 3.05) is 0 Å². The number of azide groups is 1. The Morgan fingerprint density at radius 2 is 2.40 bits per heavy atom. The van der Waals surface area contributed by atoms with E-state index in [0.717, 1.165) is 0 Å². The molecule has 0 amide bonds. The van der Waals surface area contributed by atoms with Crippen LogP contribution in [-0.4, -0.2) is 25.6 Å². The van der Waals surface area contributed by atoms with E-state index in [1.165, 1.54) is 0 Å². The molecule has 0 bridgehead atoms. The van der Waals surface area contributed by atoms with Crippen molar-refractivity contribution in [1.29, 1.82) is 0 Å². The standard InChI is InChI=1S/CHN7O.Ag/c2-5-3-1-4-6-7-8(1)9;/h9H;. The molecule has 1 N–H and O–H groups in total. The minimum atomic E-state index is -0.280. The van der Waals surface area contributed by atoms with E-state index < -0.39 is 0 Å². The third-order valence-electron chi connectivity index (χ3n) is 0.572. The van der Waals surface area contributed by atoms with E-state index in [1.807, 2.05) is 0 Å². The van der Waals surface area contributed by atoms with Crippen molar-refractivity contribution in [2.45, 2.75) is 0 Å². The topological polar surface area (TPSA) is 113 Å². The summed E-state index contributed by atoms with van der Waals surface area (Å²) in [5.74, 6) is -0.280. The zero-order valence-electron chi connectivity index (χ0n) is 4.38. The Kier molecular flexibility index (Phi) is 3.44. The van der Waals surface area contributed by atoms with Crippen LogP contribution in [0.1, 0.15) is 0 Å². The fourth-order valence-corrected chi connectivity index (χ4v) is 0.278. The Balaban J connectivity index is 0.000000810. The molecule has 57 valence electrons. The average molecular weight is 235 g/mol. The smallest absolute Gasteiger partial charge is 0.278 e. The first-order chi connectivity index (χ1) is 4.34. The maximum atomic E-state index is 8.50. The molecule has 1 aromatic heterocycles. The third-order valence-corrected chi connectivity index (χ3v) is 0.572. The van der Waals surface area contributed by atoms with Crippen molar-refractivity contribution in [2.24, 2.45) is 5.11 Å². The molecule has 0 saturated heterocycles. The Morgan fingerprint density at radius 3 is 2.80 bits per heavy atom. The maximum absolute atomic E-state index is 8.50. The molecule has 0 aromatic carbocycles. The van der Waals surface area contributed by atoms with Gasteiger partial charge in [0.1, 0.15) is 0 Å². The van der Waals surface area contributed by atoms with Crippen molar-refractivity contribution in [3.63, 3.8) is 0 Å². The second-order valence-electron chi connectivity index (χ2n) is 1.06. The van der Waals surface area contributed by atoms with Gasteiger partial charge in [-0.3, -0.25) is 0 Å². The summed E-state index contributed by atoms with van der Waals surface area (Å²) in [6, 6.07) is 0. The van der Waals surface area contributed by atoms with Gasteiger partial charge < -0.3 is 5.21 Å².